The third-order valence-electron chi connectivity index (χ3n) is 3.21. The van der Waals surface area contributed by atoms with Gasteiger partial charge < -0.3 is 0 Å². The Balaban J connectivity index is 2.15. The van der Waals surface area contributed by atoms with E-state index in [1.165, 1.54) is 6.42 Å². The molecule has 3 unspecified atom stereocenters. The van der Waals surface area contributed by atoms with E-state index in [9.17, 15) is 4.79 Å². The van der Waals surface area contributed by atoms with Gasteiger partial charge in [0.05, 0.1) is 6.04 Å². The minimum atomic E-state index is 0.185. The molecule has 1 aliphatic carbocycles. The lowest BCUT2D eigenvalue weighted by molar-refractivity contribution is -0.121. The van der Waals surface area contributed by atoms with E-state index in [1.54, 1.807) is 6.92 Å². The summed E-state index contributed by atoms with van der Waals surface area (Å²) in [7, 11) is 2.06. The van der Waals surface area contributed by atoms with Gasteiger partial charge in [-0.15, -0.1) is 0 Å². The zero-order chi connectivity index (χ0) is 8.72. The summed E-state index contributed by atoms with van der Waals surface area (Å²) in [5.41, 5.74) is 0. The van der Waals surface area contributed by atoms with E-state index in [-0.39, 0.29) is 6.04 Å². The number of nitrogens with zero attached hydrogens (tertiary/aromatic N) is 1. The van der Waals surface area contributed by atoms with Gasteiger partial charge in [-0.3, -0.25) is 9.69 Å². The number of allylic oxidation sites excluding steroid dienone is 1. The van der Waals surface area contributed by atoms with E-state index >= 15 is 0 Å². The molecule has 2 nitrogen and oxygen atoms in total. The lowest BCUT2D eigenvalue weighted by Gasteiger charge is -2.21. The largest absolute Gasteiger partial charge is 0.298 e. The second-order valence-corrected chi connectivity index (χ2v) is 3.94. The molecule has 1 saturated heterocycles. The van der Waals surface area contributed by atoms with Crippen LogP contribution in [0.4, 0.5) is 0 Å². The van der Waals surface area contributed by atoms with Crippen LogP contribution in [-0.2, 0) is 4.79 Å². The number of hydrogen-bond donors (Lipinski definition) is 0. The van der Waals surface area contributed by atoms with E-state index in [1.807, 2.05) is 0 Å². The molecule has 66 valence electrons. The van der Waals surface area contributed by atoms with Crippen LogP contribution < -0.4 is 0 Å². The highest BCUT2D eigenvalue weighted by Gasteiger charge is 2.40. The zero-order valence-corrected chi connectivity index (χ0v) is 7.66. The van der Waals surface area contributed by atoms with Gasteiger partial charge in [-0.25, -0.2) is 0 Å². The number of hydrogen-bond acceptors (Lipinski definition) is 2. The van der Waals surface area contributed by atoms with E-state index in [0.29, 0.717) is 17.7 Å². The van der Waals surface area contributed by atoms with Crippen molar-refractivity contribution in [2.45, 2.75) is 31.8 Å². The normalized spacial score (nSPS) is 40.3. The highest BCUT2D eigenvalue weighted by molar-refractivity contribution is 5.82. The fourth-order valence-electron chi connectivity index (χ4n) is 2.51. The number of ketones is 1. The Morgan fingerprint density at radius 2 is 2.33 bits per heavy atom. The topological polar surface area (TPSA) is 20.3 Å². The molecule has 1 fully saturated rings. The molecule has 1 aliphatic heterocycles. The van der Waals surface area contributed by atoms with Gasteiger partial charge in [-0.05, 0) is 32.7 Å². The summed E-state index contributed by atoms with van der Waals surface area (Å²) in [6.07, 6.45) is 6.71. The number of carbonyl (C=O) groups excluding carboxylic acids is 1. The number of likely N-dealkylation sites (tertiary alicyclic amines) is 1. The monoisotopic (exact) mass is 165 g/mol. The van der Waals surface area contributed by atoms with E-state index in [4.69, 9.17) is 0 Å². The van der Waals surface area contributed by atoms with Crippen LogP contribution in [0.15, 0.2) is 12.2 Å². The molecule has 2 aliphatic rings. The van der Waals surface area contributed by atoms with Crippen LogP contribution in [-0.4, -0.2) is 29.8 Å². The fraction of sp³-hybridized carbons (Fsp3) is 0.700. The first-order valence-electron chi connectivity index (χ1n) is 4.59. The van der Waals surface area contributed by atoms with Crippen LogP contribution in [0.1, 0.15) is 19.8 Å². The Morgan fingerprint density at radius 3 is 2.92 bits per heavy atom. The summed E-state index contributed by atoms with van der Waals surface area (Å²) in [6.45, 7) is 1.70. The van der Waals surface area contributed by atoms with Crippen molar-refractivity contribution in [3.05, 3.63) is 12.2 Å². The molecule has 0 bridgehead atoms. The summed E-state index contributed by atoms with van der Waals surface area (Å²) < 4.78 is 0. The Hall–Kier alpha value is -0.630. The minimum Gasteiger partial charge on any atom is -0.298 e. The average molecular weight is 165 g/mol. The molecule has 0 radical (unpaired) electrons. The Labute approximate surface area is 73.2 Å². The van der Waals surface area contributed by atoms with Crippen LogP contribution in [0, 0.1) is 5.92 Å². The second kappa shape index (κ2) is 2.70. The van der Waals surface area contributed by atoms with Crippen molar-refractivity contribution in [1.29, 1.82) is 0 Å². The summed E-state index contributed by atoms with van der Waals surface area (Å²) in [4.78, 5) is 13.4. The van der Waals surface area contributed by atoms with Crippen LogP contribution in [0.5, 0.6) is 0 Å². The molecule has 0 saturated carbocycles. The molecule has 0 spiro atoms. The first-order chi connectivity index (χ1) is 5.70. The van der Waals surface area contributed by atoms with Crippen molar-refractivity contribution in [3.63, 3.8) is 0 Å². The third kappa shape index (κ3) is 1.02. The molecule has 0 amide bonds. The molecule has 3 atom stereocenters. The number of carbonyl (C=O) groups is 1. The molecule has 1 heterocycles. The van der Waals surface area contributed by atoms with Crippen molar-refractivity contribution in [1.82, 2.24) is 4.90 Å². The van der Waals surface area contributed by atoms with Crippen molar-refractivity contribution in [2.24, 2.45) is 5.92 Å². The summed E-state index contributed by atoms with van der Waals surface area (Å²) in [5.74, 6) is 1.03. The van der Waals surface area contributed by atoms with Gasteiger partial charge in [-0.1, -0.05) is 12.2 Å². The standard InChI is InChI=1S/C10H15NO/c1-7(12)10-6-8-4-3-5-9(8)11(10)2/h3,5,8-10H,4,6H2,1-2H3. The molecule has 2 heteroatoms. The van der Waals surface area contributed by atoms with Gasteiger partial charge in [0.15, 0.2) is 0 Å². The van der Waals surface area contributed by atoms with Gasteiger partial charge in [0.1, 0.15) is 5.78 Å². The maximum atomic E-state index is 11.2. The molecule has 0 aromatic heterocycles. The third-order valence-corrected chi connectivity index (χ3v) is 3.21. The van der Waals surface area contributed by atoms with Crippen molar-refractivity contribution >= 4 is 5.78 Å². The number of likely N-dealkylation sites (N-methyl/N-ethyl adjacent to an activating group) is 1. The molecule has 12 heavy (non-hydrogen) atoms. The Bertz CT molecular complexity index is 234. The fourth-order valence-corrected chi connectivity index (χ4v) is 2.51. The van der Waals surface area contributed by atoms with E-state index in [2.05, 4.69) is 24.1 Å². The zero-order valence-electron chi connectivity index (χ0n) is 7.66. The second-order valence-electron chi connectivity index (χ2n) is 3.94. The van der Waals surface area contributed by atoms with Crippen molar-refractivity contribution in [3.8, 4) is 0 Å². The molecule has 0 N–H and O–H groups in total. The molecular weight excluding hydrogens is 150 g/mol. The predicted octanol–water partition coefficient (Wildman–Crippen LogP) is 1.22. The molecular formula is C10H15NO. The number of Topliss-reactive ketones (excluding diaryl/α,β-unsaturated/α-hetero) is 1. The van der Waals surface area contributed by atoms with Crippen molar-refractivity contribution in [2.75, 3.05) is 7.05 Å². The SMILES string of the molecule is CC(=O)C1CC2CC=CC2N1C. The maximum absolute atomic E-state index is 11.2. The highest BCUT2D eigenvalue weighted by atomic mass is 16.1. The molecule has 0 aromatic carbocycles. The van der Waals surface area contributed by atoms with Crippen molar-refractivity contribution < 1.29 is 4.79 Å². The quantitative estimate of drug-likeness (QED) is 0.544. The van der Waals surface area contributed by atoms with E-state index < -0.39 is 0 Å². The summed E-state index contributed by atoms with van der Waals surface area (Å²) in [5, 5.41) is 0. The van der Waals surface area contributed by atoms with Crippen LogP contribution in [0.3, 0.4) is 0 Å². The average Bonchev–Trinajstić information content (AvgIpc) is 2.53. The van der Waals surface area contributed by atoms with E-state index in [0.717, 1.165) is 6.42 Å². The van der Waals surface area contributed by atoms with Gasteiger partial charge in [0.25, 0.3) is 0 Å². The van der Waals surface area contributed by atoms with Crippen LogP contribution in [0.2, 0.25) is 0 Å². The van der Waals surface area contributed by atoms with Gasteiger partial charge in [-0.2, -0.15) is 0 Å². The van der Waals surface area contributed by atoms with Crippen LogP contribution in [0.25, 0.3) is 0 Å². The van der Waals surface area contributed by atoms with Crippen LogP contribution >= 0.6 is 0 Å². The minimum absolute atomic E-state index is 0.185. The predicted molar refractivity (Wildman–Crippen MR) is 47.9 cm³/mol. The smallest absolute Gasteiger partial charge is 0.146 e. The first-order valence-corrected chi connectivity index (χ1v) is 4.59. The summed E-state index contributed by atoms with van der Waals surface area (Å²) >= 11 is 0. The first kappa shape index (κ1) is 7.99. The van der Waals surface area contributed by atoms with Gasteiger partial charge in [0, 0.05) is 6.04 Å². The summed E-state index contributed by atoms with van der Waals surface area (Å²) in [6, 6.07) is 0.726. The molecule has 0 aromatic rings. The number of rotatable bonds is 1. The maximum Gasteiger partial charge on any atom is 0.146 e. The Morgan fingerprint density at radius 1 is 1.58 bits per heavy atom. The number of fused-ring (bicyclic) bond motifs is 1. The Kier molecular flexibility index (Phi) is 1.80. The van der Waals surface area contributed by atoms with Gasteiger partial charge >= 0.3 is 0 Å². The highest BCUT2D eigenvalue weighted by Crippen LogP contribution is 2.36. The van der Waals surface area contributed by atoms with Gasteiger partial charge in [0.2, 0.25) is 0 Å². The lowest BCUT2D eigenvalue weighted by Crippen LogP contribution is -2.35. The molecule has 2 rings (SSSR count). The lowest BCUT2D eigenvalue weighted by atomic mass is 10.00.